The number of hydrogen-bond donors (Lipinski definition) is 2. The Morgan fingerprint density at radius 3 is 3.15 bits per heavy atom. The van der Waals surface area contributed by atoms with Gasteiger partial charge >= 0.3 is 0 Å². The number of piperidine rings is 1. The topological polar surface area (TPSA) is 59.0 Å². The first-order valence-electron chi connectivity index (χ1n) is 7.42. The molecule has 1 fully saturated rings. The lowest BCUT2D eigenvalue weighted by molar-refractivity contribution is 0.393. The zero-order chi connectivity index (χ0) is 14.4. The minimum Gasteiger partial charge on any atom is -0.382 e. The molecule has 0 bridgehead atoms. The predicted octanol–water partition coefficient (Wildman–Crippen LogP) is 2.11. The summed E-state index contributed by atoms with van der Waals surface area (Å²) >= 11 is 6.14. The van der Waals surface area contributed by atoms with E-state index in [2.05, 4.69) is 22.7 Å². The van der Waals surface area contributed by atoms with E-state index in [4.69, 9.17) is 11.6 Å². The molecule has 2 rings (SSSR count). The summed E-state index contributed by atoms with van der Waals surface area (Å²) in [6.45, 7) is 5.66. The summed E-state index contributed by atoms with van der Waals surface area (Å²) in [7, 11) is 0. The van der Waals surface area contributed by atoms with E-state index in [9.17, 15) is 4.79 Å². The summed E-state index contributed by atoms with van der Waals surface area (Å²) in [6.07, 6.45) is 6.04. The number of halogens is 1. The molecule has 1 aliphatic rings. The quantitative estimate of drug-likeness (QED) is 0.844. The molecule has 0 amide bonds. The second-order valence-electron chi connectivity index (χ2n) is 5.35. The summed E-state index contributed by atoms with van der Waals surface area (Å²) in [5, 5.41) is 11.1. The molecular weight excluding hydrogens is 276 g/mol. The van der Waals surface area contributed by atoms with Crippen LogP contribution in [0.2, 0.25) is 5.02 Å². The van der Waals surface area contributed by atoms with Gasteiger partial charge in [-0.2, -0.15) is 5.10 Å². The summed E-state index contributed by atoms with van der Waals surface area (Å²) < 4.78 is 1.44. The fourth-order valence-electron chi connectivity index (χ4n) is 2.41. The van der Waals surface area contributed by atoms with Crippen molar-refractivity contribution in [2.45, 2.75) is 39.2 Å². The van der Waals surface area contributed by atoms with E-state index in [0.29, 0.717) is 18.2 Å². The molecule has 2 heterocycles. The summed E-state index contributed by atoms with van der Waals surface area (Å²) in [4.78, 5) is 12.1. The van der Waals surface area contributed by atoms with E-state index in [1.54, 1.807) is 6.20 Å². The Hall–Kier alpha value is -1.07. The molecule has 1 aromatic rings. The first-order chi connectivity index (χ1) is 9.72. The lowest BCUT2D eigenvalue weighted by Crippen LogP contribution is -2.34. The van der Waals surface area contributed by atoms with Crippen molar-refractivity contribution in [3.63, 3.8) is 0 Å². The van der Waals surface area contributed by atoms with Gasteiger partial charge in [-0.05, 0) is 38.3 Å². The van der Waals surface area contributed by atoms with Crippen LogP contribution in [0.5, 0.6) is 0 Å². The Labute approximate surface area is 124 Å². The highest BCUT2D eigenvalue weighted by Gasteiger charge is 2.14. The summed E-state index contributed by atoms with van der Waals surface area (Å²) in [6, 6.07) is 0. The summed E-state index contributed by atoms with van der Waals surface area (Å²) in [5.41, 5.74) is 0.446. The van der Waals surface area contributed by atoms with Gasteiger partial charge in [-0.3, -0.25) is 4.79 Å². The van der Waals surface area contributed by atoms with Gasteiger partial charge in [0.05, 0.1) is 11.9 Å². The average Bonchev–Trinajstić information content (AvgIpc) is 2.49. The van der Waals surface area contributed by atoms with Crippen LogP contribution in [0.3, 0.4) is 0 Å². The number of hydrogen-bond acceptors (Lipinski definition) is 4. The molecular formula is C14H23ClN4O. The van der Waals surface area contributed by atoms with Crippen LogP contribution in [-0.4, -0.2) is 29.4 Å². The fourth-order valence-corrected chi connectivity index (χ4v) is 2.62. The Balaban J connectivity index is 1.97. The number of aryl methyl sites for hydroxylation is 1. The highest BCUT2D eigenvalue weighted by atomic mass is 35.5. The number of unbranched alkanes of at least 4 members (excludes halogenated alkanes) is 1. The van der Waals surface area contributed by atoms with Gasteiger partial charge in [0.1, 0.15) is 5.02 Å². The Bertz CT molecular complexity index is 483. The lowest BCUT2D eigenvalue weighted by Gasteiger charge is -2.23. The third-order valence-electron chi connectivity index (χ3n) is 3.69. The van der Waals surface area contributed by atoms with Crippen LogP contribution in [0.25, 0.3) is 0 Å². The molecule has 2 N–H and O–H groups in total. The first kappa shape index (κ1) is 15.3. The third-order valence-corrected chi connectivity index (χ3v) is 4.05. The highest BCUT2D eigenvalue weighted by Crippen LogP contribution is 2.17. The number of rotatable bonds is 6. The normalized spacial score (nSPS) is 19.0. The number of aromatic nitrogens is 2. The van der Waals surface area contributed by atoms with Crippen LogP contribution < -0.4 is 16.2 Å². The summed E-state index contributed by atoms with van der Waals surface area (Å²) in [5.74, 6) is 0.585. The van der Waals surface area contributed by atoms with Crippen molar-refractivity contribution in [1.29, 1.82) is 0 Å². The van der Waals surface area contributed by atoms with Gasteiger partial charge in [-0.25, -0.2) is 4.68 Å². The van der Waals surface area contributed by atoms with Crippen LogP contribution in [0.1, 0.15) is 32.6 Å². The monoisotopic (exact) mass is 298 g/mol. The zero-order valence-corrected chi connectivity index (χ0v) is 12.7. The largest absolute Gasteiger partial charge is 0.382 e. The Kier molecular flexibility index (Phi) is 5.86. The molecule has 1 aromatic heterocycles. The van der Waals surface area contributed by atoms with E-state index in [1.165, 1.54) is 17.5 Å². The number of anilines is 1. The maximum atomic E-state index is 12.1. The zero-order valence-electron chi connectivity index (χ0n) is 12.0. The van der Waals surface area contributed by atoms with Gasteiger partial charge in [-0.1, -0.05) is 24.9 Å². The van der Waals surface area contributed by atoms with Gasteiger partial charge in [0.15, 0.2) is 0 Å². The van der Waals surface area contributed by atoms with Gasteiger partial charge < -0.3 is 10.6 Å². The molecule has 0 saturated carbocycles. The maximum Gasteiger partial charge on any atom is 0.287 e. The molecule has 20 heavy (non-hydrogen) atoms. The predicted molar refractivity (Wildman–Crippen MR) is 82.5 cm³/mol. The molecule has 1 unspecified atom stereocenters. The number of nitrogens with zero attached hydrogens (tertiary/aromatic N) is 2. The average molecular weight is 299 g/mol. The van der Waals surface area contributed by atoms with Crippen LogP contribution in [-0.2, 0) is 6.54 Å². The van der Waals surface area contributed by atoms with Gasteiger partial charge in [-0.15, -0.1) is 0 Å². The molecule has 1 aliphatic heterocycles. The van der Waals surface area contributed by atoms with Gasteiger partial charge in [0, 0.05) is 13.1 Å². The van der Waals surface area contributed by atoms with Crippen molar-refractivity contribution < 1.29 is 0 Å². The second-order valence-corrected chi connectivity index (χ2v) is 5.73. The lowest BCUT2D eigenvalue weighted by atomic mass is 10.00. The molecule has 0 aliphatic carbocycles. The van der Waals surface area contributed by atoms with Crippen molar-refractivity contribution >= 4 is 17.3 Å². The van der Waals surface area contributed by atoms with Crippen molar-refractivity contribution in [2.75, 3.05) is 25.0 Å². The van der Waals surface area contributed by atoms with Crippen LogP contribution in [0.4, 0.5) is 5.69 Å². The minimum absolute atomic E-state index is 0.202. The van der Waals surface area contributed by atoms with Crippen LogP contribution in [0.15, 0.2) is 11.0 Å². The van der Waals surface area contributed by atoms with Crippen molar-refractivity contribution in [3.05, 3.63) is 21.6 Å². The fraction of sp³-hybridized carbons (Fsp3) is 0.714. The van der Waals surface area contributed by atoms with Gasteiger partial charge in [0.25, 0.3) is 5.56 Å². The molecule has 6 heteroatoms. The van der Waals surface area contributed by atoms with E-state index in [-0.39, 0.29) is 10.6 Å². The SMILES string of the molecule is CCCCn1ncc(NCC2CCCNC2)c(Cl)c1=O. The van der Waals surface area contributed by atoms with Crippen LogP contribution in [0, 0.1) is 5.92 Å². The Morgan fingerprint density at radius 2 is 2.45 bits per heavy atom. The second kappa shape index (κ2) is 7.64. The third kappa shape index (κ3) is 3.96. The molecule has 1 atom stereocenters. The van der Waals surface area contributed by atoms with E-state index in [1.807, 2.05) is 0 Å². The van der Waals surface area contributed by atoms with Crippen molar-refractivity contribution in [3.8, 4) is 0 Å². The molecule has 1 saturated heterocycles. The molecule has 112 valence electrons. The van der Waals surface area contributed by atoms with Crippen molar-refractivity contribution in [1.82, 2.24) is 15.1 Å². The standard InChI is InChI=1S/C14H23ClN4O/c1-2-3-7-19-14(20)13(15)12(10-18-19)17-9-11-5-4-6-16-8-11/h10-11,16-17H,2-9H2,1H3. The number of nitrogens with one attached hydrogen (secondary N) is 2. The van der Waals surface area contributed by atoms with Gasteiger partial charge in [0.2, 0.25) is 0 Å². The molecule has 0 aromatic carbocycles. The van der Waals surface area contributed by atoms with E-state index < -0.39 is 0 Å². The molecule has 0 spiro atoms. The van der Waals surface area contributed by atoms with E-state index >= 15 is 0 Å². The van der Waals surface area contributed by atoms with E-state index in [0.717, 1.165) is 32.5 Å². The molecule has 5 nitrogen and oxygen atoms in total. The first-order valence-corrected chi connectivity index (χ1v) is 7.80. The minimum atomic E-state index is -0.202. The van der Waals surface area contributed by atoms with Crippen LogP contribution >= 0.6 is 11.6 Å². The maximum absolute atomic E-state index is 12.1. The molecule has 0 radical (unpaired) electrons. The smallest absolute Gasteiger partial charge is 0.287 e. The Morgan fingerprint density at radius 1 is 1.60 bits per heavy atom. The van der Waals surface area contributed by atoms with Crippen molar-refractivity contribution in [2.24, 2.45) is 5.92 Å². The highest BCUT2D eigenvalue weighted by molar-refractivity contribution is 6.32.